The molecule has 0 aliphatic carbocycles. The van der Waals surface area contributed by atoms with E-state index in [1.807, 2.05) is 0 Å². The van der Waals surface area contributed by atoms with E-state index in [4.69, 9.17) is 0 Å². The SMILES string of the molecule is O=C1NCc2ccc([B-](F)(F)F)cc2N1. The molecule has 80 valence electrons. The minimum Gasteiger partial charge on any atom is -0.445 e. The Labute approximate surface area is 83.7 Å². The highest BCUT2D eigenvalue weighted by Gasteiger charge is 2.27. The topological polar surface area (TPSA) is 41.1 Å². The molecule has 2 N–H and O–H groups in total. The van der Waals surface area contributed by atoms with Gasteiger partial charge in [-0.15, -0.1) is 5.46 Å². The number of fused-ring (bicyclic) bond motifs is 1. The lowest BCUT2D eigenvalue weighted by molar-refractivity contribution is 0.251. The van der Waals surface area contributed by atoms with Crippen LogP contribution in [-0.4, -0.2) is 13.0 Å². The van der Waals surface area contributed by atoms with Gasteiger partial charge in [-0.2, -0.15) is 0 Å². The Bertz CT molecular complexity index is 419. The van der Waals surface area contributed by atoms with E-state index in [0.717, 1.165) is 12.1 Å². The minimum atomic E-state index is -5.02. The molecule has 0 saturated carbocycles. The smallest absolute Gasteiger partial charge is 0.445 e. The molecule has 7 heteroatoms. The van der Waals surface area contributed by atoms with Gasteiger partial charge < -0.3 is 23.6 Å². The fraction of sp³-hybridized carbons (Fsp3) is 0.125. The van der Waals surface area contributed by atoms with Crippen molar-refractivity contribution < 1.29 is 17.7 Å². The Balaban J connectivity index is 2.41. The summed E-state index contributed by atoms with van der Waals surface area (Å²) in [5, 5.41) is 4.80. The van der Waals surface area contributed by atoms with Crippen molar-refractivity contribution in [1.29, 1.82) is 0 Å². The molecule has 0 atom stereocenters. The van der Waals surface area contributed by atoms with Crippen molar-refractivity contribution in [1.82, 2.24) is 5.32 Å². The van der Waals surface area contributed by atoms with Gasteiger partial charge in [-0.05, 0) is 5.56 Å². The molecule has 0 bridgehead atoms. The second kappa shape index (κ2) is 3.18. The van der Waals surface area contributed by atoms with E-state index >= 15 is 0 Å². The summed E-state index contributed by atoms with van der Waals surface area (Å²) in [6.45, 7) is -4.76. The number of carbonyl (C=O) groups is 1. The molecular weight excluding hydrogens is 208 g/mol. The maximum absolute atomic E-state index is 12.4. The number of amides is 2. The Morgan fingerprint density at radius 2 is 2.00 bits per heavy atom. The highest BCUT2D eigenvalue weighted by molar-refractivity contribution is 6.73. The van der Waals surface area contributed by atoms with E-state index in [1.165, 1.54) is 6.07 Å². The Hall–Kier alpha value is -1.66. The van der Waals surface area contributed by atoms with Crippen LogP contribution in [0.4, 0.5) is 23.4 Å². The van der Waals surface area contributed by atoms with Crippen LogP contribution in [-0.2, 0) is 6.54 Å². The van der Waals surface area contributed by atoms with E-state index in [0.29, 0.717) is 5.56 Å². The summed E-state index contributed by atoms with van der Waals surface area (Å²) in [5.41, 5.74) is 0.185. The van der Waals surface area contributed by atoms with Crippen molar-refractivity contribution in [3.8, 4) is 0 Å². The molecule has 0 saturated heterocycles. The zero-order chi connectivity index (χ0) is 11.1. The third-order valence-corrected chi connectivity index (χ3v) is 2.20. The molecule has 1 aliphatic rings. The van der Waals surface area contributed by atoms with Gasteiger partial charge in [0.1, 0.15) is 0 Å². The van der Waals surface area contributed by atoms with Crippen LogP contribution in [0.5, 0.6) is 0 Å². The summed E-state index contributed by atoms with van der Waals surface area (Å²) in [6, 6.07) is 2.88. The maximum atomic E-state index is 12.4. The average Bonchev–Trinajstić information content (AvgIpc) is 2.15. The number of hydrogen-bond acceptors (Lipinski definition) is 1. The molecule has 2 rings (SSSR count). The number of nitrogens with one attached hydrogen (secondary N) is 2. The third-order valence-electron chi connectivity index (χ3n) is 2.20. The summed E-state index contributed by atoms with van der Waals surface area (Å²) in [7, 11) is 0. The minimum absolute atomic E-state index is 0.232. The lowest BCUT2D eigenvalue weighted by Crippen LogP contribution is -2.37. The molecule has 0 radical (unpaired) electrons. The number of urea groups is 1. The van der Waals surface area contributed by atoms with Crippen molar-refractivity contribution in [3.63, 3.8) is 0 Å². The van der Waals surface area contributed by atoms with E-state index in [1.54, 1.807) is 0 Å². The van der Waals surface area contributed by atoms with Crippen LogP contribution < -0.4 is 16.1 Å². The van der Waals surface area contributed by atoms with Crippen LogP contribution >= 0.6 is 0 Å². The van der Waals surface area contributed by atoms with E-state index in [2.05, 4.69) is 10.6 Å². The molecular formula is C8H7BF3N2O-. The lowest BCUT2D eigenvalue weighted by atomic mass is 9.79. The largest absolute Gasteiger partial charge is 0.509 e. The first-order valence-electron chi connectivity index (χ1n) is 4.34. The number of rotatable bonds is 1. The Morgan fingerprint density at radius 1 is 1.27 bits per heavy atom. The van der Waals surface area contributed by atoms with Crippen molar-refractivity contribution in [2.24, 2.45) is 0 Å². The van der Waals surface area contributed by atoms with Crippen molar-refractivity contribution in [2.75, 3.05) is 5.32 Å². The normalized spacial score (nSPS) is 15.3. The van der Waals surface area contributed by atoms with Crippen LogP contribution in [0.15, 0.2) is 18.2 Å². The van der Waals surface area contributed by atoms with Crippen molar-refractivity contribution >= 4 is 24.2 Å². The van der Waals surface area contributed by atoms with Crippen LogP contribution in [0.25, 0.3) is 0 Å². The van der Waals surface area contributed by atoms with E-state index in [9.17, 15) is 17.7 Å². The molecule has 0 aromatic heterocycles. The highest BCUT2D eigenvalue weighted by atomic mass is 19.4. The molecule has 0 spiro atoms. The van der Waals surface area contributed by atoms with Crippen LogP contribution in [0.3, 0.4) is 0 Å². The lowest BCUT2D eigenvalue weighted by Gasteiger charge is -2.22. The fourth-order valence-electron chi connectivity index (χ4n) is 1.41. The summed E-state index contributed by atoms with van der Waals surface area (Å²) >= 11 is 0. The van der Waals surface area contributed by atoms with Gasteiger partial charge in [0.25, 0.3) is 0 Å². The Kier molecular flexibility index (Phi) is 2.10. The summed E-state index contributed by atoms with van der Waals surface area (Å²) in [4.78, 5) is 10.9. The van der Waals surface area contributed by atoms with E-state index in [-0.39, 0.29) is 12.2 Å². The number of carbonyl (C=O) groups excluding carboxylic acids is 1. The first-order chi connectivity index (χ1) is 6.97. The first kappa shape index (κ1) is 9.88. The number of hydrogen-bond donors (Lipinski definition) is 2. The number of benzene rings is 1. The zero-order valence-corrected chi connectivity index (χ0v) is 7.56. The molecule has 2 amide bonds. The van der Waals surface area contributed by atoms with Gasteiger partial charge in [0, 0.05) is 12.2 Å². The third kappa shape index (κ3) is 1.90. The van der Waals surface area contributed by atoms with Crippen LogP contribution in [0, 0.1) is 0 Å². The molecule has 1 heterocycles. The van der Waals surface area contributed by atoms with Gasteiger partial charge in [-0.25, -0.2) is 4.79 Å². The molecule has 3 nitrogen and oxygen atoms in total. The second-order valence-electron chi connectivity index (χ2n) is 3.30. The summed E-state index contributed by atoms with van der Waals surface area (Å²) in [6.07, 6.45) is 0. The standard InChI is InChI=1S/C8H7BF3N2O/c10-9(11,12)6-2-1-5-4-13-8(15)14-7(5)3-6/h1-3H,4H2,(H2,13,14,15)/q-1. The molecule has 15 heavy (non-hydrogen) atoms. The summed E-state index contributed by atoms with van der Waals surface area (Å²) in [5.74, 6) is 0. The number of anilines is 1. The van der Waals surface area contributed by atoms with Gasteiger partial charge >= 0.3 is 13.0 Å². The Morgan fingerprint density at radius 3 is 2.67 bits per heavy atom. The van der Waals surface area contributed by atoms with Gasteiger partial charge in [0.15, 0.2) is 0 Å². The average molecular weight is 215 g/mol. The quantitative estimate of drug-likeness (QED) is 0.682. The van der Waals surface area contributed by atoms with E-state index < -0.39 is 18.5 Å². The van der Waals surface area contributed by atoms with Gasteiger partial charge in [-0.1, -0.05) is 18.2 Å². The predicted molar refractivity (Wildman–Crippen MR) is 51.0 cm³/mol. The zero-order valence-electron chi connectivity index (χ0n) is 7.56. The molecule has 1 aromatic carbocycles. The monoisotopic (exact) mass is 215 g/mol. The molecule has 1 aliphatic heterocycles. The highest BCUT2D eigenvalue weighted by Crippen LogP contribution is 2.19. The fourth-order valence-corrected chi connectivity index (χ4v) is 1.41. The van der Waals surface area contributed by atoms with Gasteiger partial charge in [-0.3, -0.25) is 0 Å². The predicted octanol–water partition coefficient (Wildman–Crippen LogP) is 1.38. The summed E-state index contributed by atoms with van der Waals surface area (Å²) < 4.78 is 37.2. The van der Waals surface area contributed by atoms with Gasteiger partial charge in [0.05, 0.1) is 0 Å². The van der Waals surface area contributed by atoms with Crippen molar-refractivity contribution in [2.45, 2.75) is 6.54 Å². The van der Waals surface area contributed by atoms with Crippen molar-refractivity contribution in [3.05, 3.63) is 23.8 Å². The second-order valence-corrected chi connectivity index (χ2v) is 3.30. The van der Waals surface area contributed by atoms with Crippen LogP contribution in [0.1, 0.15) is 5.56 Å². The maximum Gasteiger partial charge on any atom is 0.509 e. The first-order valence-corrected chi connectivity index (χ1v) is 4.34. The molecule has 0 unspecified atom stereocenters. The molecule has 1 aromatic rings. The van der Waals surface area contributed by atoms with Crippen LogP contribution in [0.2, 0.25) is 0 Å². The molecule has 0 fully saturated rings. The van der Waals surface area contributed by atoms with Gasteiger partial charge in [0.2, 0.25) is 0 Å². The number of halogens is 3.